The number of hydrogen-bond acceptors (Lipinski definition) is 2. The predicted molar refractivity (Wildman–Crippen MR) is 91.3 cm³/mol. The Labute approximate surface area is 130 Å². The number of rotatable bonds is 3. The van der Waals surface area contributed by atoms with Gasteiger partial charge in [-0.15, -0.1) is 0 Å². The maximum Gasteiger partial charge on any atom is 0.338 e. The molecule has 0 saturated heterocycles. The van der Waals surface area contributed by atoms with Gasteiger partial charge < -0.3 is 4.74 Å². The fourth-order valence-electron chi connectivity index (χ4n) is 2.85. The normalized spacial score (nSPS) is 10.8. The van der Waals surface area contributed by atoms with Crippen molar-refractivity contribution < 1.29 is 9.53 Å². The lowest BCUT2D eigenvalue weighted by Gasteiger charge is -2.15. The van der Waals surface area contributed by atoms with E-state index in [4.69, 9.17) is 4.74 Å². The molecule has 3 aromatic rings. The summed E-state index contributed by atoms with van der Waals surface area (Å²) in [5.41, 5.74) is 1.68. The maximum absolute atomic E-state index is 12.0. The van der Waals surface area contributed by atoms with E-state index >= 15 is 0 Å². The molecule has 0 amide bonds. The summed E-state index contributed by atoms with van der Waals surface area (Å²) in [4.78, 5) is 12.0. The molecule has 0 radical (unpaired) electrons. The van der Waals surface area contributed by atoms with Gasteiger partial charge in [-0.3, -0.25) is 0 Å². The molecule has 2 nitrogen and oxygen atoms in total. The van der Waals surface area contributed by atoms with Crippen LogP contribution < -0.4 is 4.74 Å². The number of carbonyl (C=O) groups excluding carboxylic acids is 1. The molecule has 0 atom stereocenters. The molecule has 0 unspecified atom stereocenters. The van der Waals surface area contributed by atoms with Crippen LogP contribution >= 0.6 is 0 Å². The van der Waals surface area contributed by atoms with Gasteiger partial charge in [-0.1, -0.05) is 62.0 Å². The van der Waals surface area contributed by atoms with Crippen LogP contribution in [0.5, 0.6) is 5.75 Å². The van der Waals surface area contributed by atoms with Crippen molar-refractivity contribution in [3.05, 3.63) is 66.2 Å². The molecule has 0 heterocycles. The first-order chi connectivity index (χ1) is 10.6. The Morgan fingerprint density at radius 1 is 0.955 bits per heavy atom. The molecule has 0 N–H and O–H groups in total. The molecular formula is C20H18O2. The van der Waals surface area contributed by atoms with Crippen LogP contribution in [0, 0.1) is 0 Å². The quantitative estimate of drug-likeness (QED) is 0.292. The fourth-order valence-corrected chi connectivity index (χ4v) is 2.85. The Hall–Kier alpha value is -2.61. The van der Waals surface area contributed by atoms with E-state index in [1.54, 1.807) is 6.92 Å². The average Bonchev–Trinajstić information content (AvgIpc) is 2.54. The van der Waals surface area contributed by atoms with E-state index in [2.05, 4.69) is 25.6 Å². The summed E-state index contributed by atoms with van der Waals surface area (Å²) in [7, 11) is 0. The Morgan fingerprint density at radius 2 is 1.41 bits per heavy atom. The lowest BCUT2D eigenvalue weighted by molar-refractivity contribution is -0.129. The molecule has 0 aromatic heterocycles. The van der Waals surface area contributed by atoms with Crippen molar-refractivity contribution in [2.45, 2.75) is 20.3 Å². The Bertz CT molecular complexity index is 834. The summed E-state index contributed by atoms with van der Waals surface area (Å²) in [6.45, 7) is 7.48. The zero-order chi connectivity index (χ0) is 15.7. The van der Waals surface area contributed by atoms with Crippen molar-refractivity contribution in [3.63, 3.8) is 0 Å². The second-order valence-electron chi connectivity index (χ2n) is 5.42. The highest BCUT2D eigenvalue weighted by Crippen LogP contribution is 2.38. The van der Waals surface area contributed by atoms with E-state index in [1.165, 1.54) is 5.56 Å². The number of fused-ring (bicyclic) bond motifs is 2. The minimum atomic E-state index is -0.389. The maximum atomic E-state index is 12.0. The zero-order valence-corrected chi connectivity index (χ0v) is 12.8. The van der Waals surface area contributed by atoms with Gasteiger partial charge in [0.05, 0.1) is 0 Å². The third-order valence-electron chi connectivity index (χ3n) is 3.89. The monoisotopic (exact) mass is 290 g/mol. The molecule has 3 aromatic carbocycles. The number of ether oxygens (including phenoxy) is 1. The number of hydrogen-bond donors (Lipinski definition) is 0. The minimum Gasteiger partial charge on any atom is -0.422 e. The van der Waals surface area contributed by atoms with E-state index in [0.29, 0.717) is 11.3 Å². The third kappa shape index (κ3) is 2.27. The van der Waals surface area contributed by atoms with Gasteiger partial charge in [-0.25, -0.2) is 4.79 Å². The number of aryl methyl sites for hydroxylation is 1. The van der Waals surface area contributed by atoms with E-state index in [-0.39, 0.29) is 5.97 Å². The van der Waals surface area contributed by atoms with Crippen LogP contribution in [0.3, 0.4) is 0 Å². The third-order valence-corrected chi connectivity index (χ3v) is 3.89. The first kappa shape index (κ1) is 14.3. The van der Waals surface area contributed by atoms with Crippen LogP contribution in [0.4, 0.5) is 0 Å². The highest BCUT2D eigenvalue weighted by Gasteiger charge is 2.16. The summed E-state index contributed by atoms with van der Waals surface area (Å²) in [5, 5.41) is 4.20. The lowest BCUT2D eigenvalue weighted by atomic mass is 9.94. The molecule has 0 aliphatic heterocycles. The van der Waals surface area contributed by atoms with Gasteiger partial charge in [0, 0.05) is 16.3 Å². The Balaban J connectivity index is 2.41. The SMILES string of the molecule is C=C(C)C(=O)Oc1c2ccccc2c(CC)c2ccccc12. The number of benzene rings is 3. The van der Waals surface area contributed by atoms with Crippen LogP contribution in [0.2, 0.25) is 0 Å². The molecule has 0 bridgehead atoms. The van der Waals surface area contributed by atoms with Crippen molar-refractivity contribution in [1.29, 1.82) is 0 Å². The smallest absolute Gasteiger partial charge is 0.338 e. The largest absolute Gasteiger partial charge is 0.422 e. The van der Waals surface area contributed by atoms with E-state index in [0.717, 1.165) is 28.0 Å². The van der Waals surface area contributed by atoms with Crippen molar-refractivity contribution in [2.75, 3.05) is 0 Å². The topological polar surface area (TPSA) is 26.3 Å². The van der Waals surface area contributed by atoms with Gasteiger partial charge in [0.1, 0.15) is 5.75 Å². The Morgan fingerprint density at radius 3 is 1.82 bits per heavy atom. The molecule has 0 saturated carbocycles. The minimum absolute atomic E-state index is 0.389. The first-order valence-electron chi connectivity index (χ1n) is 7.43. The molecular weight excluding hydrogens is 272 g/mol. The summed E-state index contributed by atoms with van der Waals surface area (Å²) in [6.07, 6.45) is 0.926. The molecule has 0 spiro atoms. The molecule has 0 fully saturated rings. The van der Waals surface area contributed by atoms with Crippen molar-refractivity contribution in [1.82, 2.24) is 0 Å². The standard InChI is InChI=1S/C20H18O2/c1-4-14-15-9-5-7-11-17(15)19(22-20(21)13(2)3)18-12-8-6-10-16(14)18/h5-12H,2,4H2,1,3H3. The van der Waals surface area contributed by atoms with Crippen LogP contribution in [0.15, 0.2) is 60.7 Å². The van der Waals surface area contributed by atoms with Gasteiger partial charge in [-0.2, -0.15) is 0 Å². The molecule has 0 aliphatic rings. The van der Waals surface area contributed by atoms with Gasteiger partial charge in [0.25, 0.3) is 0 Å². The van der Waals surface area contributed by atoms with E-state index < -0.39 is 0 Å². The molecule has 0 aliphatic carbocycles. The van der Waals surface area contributed by atoms with Gasteiger partial charge in [0.15, 0.2) is 0 Å². The highest BCUT2D eigenvalue weighted by molar-refractivity contribution is 6.10. The molecule has 2 heteroatoms. The second-order valence-corrected chi connectivity index (χ2v) is 5.42. The lowest BCUT2D eigenvalue weighted by Crippen LogP contribution is -2.09. The average molecular weight is 290 g/mol. The number of esters is 1. The summed E-state index contributed by atoms with van der Waals surface area (Å²) >= 11 is 0. The molecule has 3 rings (SSSR count). The fraction of sp³-hybridized carbons (Fsp3) is 0.150. The van der Waals surface area contributed by atoms with Crippen LogP contribution in [0.1, 0.15) is 19.4 Å². The zero-order valence-electron chi connectivity index (χ0n) is 12.8. The summed E-state index contributed by atoms with van der Waals surface area (Å²) in [5.74, 6) is 0.232. The van der Waals surface area contributed by atoms with Crippen LogP contribution in [0.25, 0.3) is 21.5 Å². The van der Waals surface area contributed by atoms with E-state index in [9.17, 15) is 4.79 Å². The van der Waals surface area contributed by atoms with Crippen molar-refractivity contribution in [3.8, 4) is 5.75 Å². The second kappa shape index (κ2) is 5.64. The first-order valence-corrected chi connectivity index (χ1v) is 7.43. The van der Waals surface area contributed by atoms with Gasteiger partial charge in [0.2, 0.25) is 0 Å². The summed E-state index contributed by atoms with van der Waals surface area (Å²) < 4.78 is 5.66. The van der Waals surface area contributed by atoms with E-state index in [1.807, 2.05) is 36.4 Å². The predicted octanol–water partition coefficient (Wildman–Crippen LogP) is 5.04. The number of carbonyl (C=O) groups is 1. The Kier molecular flexibility index (Phi) is 3.68. The van der Waals surface area contributed by atoms with Gasteiger partial charge in [-0.05, 0) is 29.7 Å². The van der Waals surface area contributed by atoms with Crippen molar-refractivity contribution >= 4 is 27.5 Å². The molecule has 110 valence electrons. The molecule has 22 heavy (non-hydrogen) atoms. The van der Waals surface area contributed by atoms with Crippen molar-refractivity contribution in [2.24, 2.45) is 0 Å². The summed E-state index contributed by atoms with van der Waals surface area (Å²) in [6, 6.07) is 16.1. The van der Waals surface area contributed by atoms with Crippen LogP contribution in [-0.4, -0.2) is 5.97 Å². The van der Waals surface area contributed by atoms with Crippen LogP contribution in [-0.2, 0) is 11.2 Å². The highest BCUT2D eigenvalue weighted by atomic mass is 16.5. The van der Waals surface area contributed by atoms with Gasteiger partial charge >= 0.3 is 5.97 Å².